The third-order valence-corrected chi connectivity index (χ3v) is 3.69. The van der Waals surface area contributed by atoms with E-state index in [4.69, 9.17) is 4.74 Å². The van der Waals surface area contributed by atoms with E-state index >= 15 is 0 Å². The van der Waals surface area contributed by atoms with Crippen molar-refractivity contribution in [2.24, 2.45) is 0 Å². The van der Waals surface area contributed by atoms with E-state index in [0.717, 1.165) is 19.4 Å². The molecule has 0 bridgehead atoms. The summed E-state index contributed by atoms with van der Waals surface area (Å²) in [6.45, 7) is 1.75. The Balaban J connectivity index is 2.06. The number of carbonyl (C=O) groups excluding carboxylic acids is 1. The molecular formula is C14H19N3O4. The molecule has 0 saturated carbocycles. The first kappa shape index (κ1) is 15.4. The standard InChI is InChI=1S/C14H19N3O4/c1-21-10-14(7-4-8-16-14)9-15-13(18)11-5-2-3-6-12(11)17(19)20/h2-3,5-6,16H,4,7-10H2,1H3,(H,15,18). The predicted molar refractivity (Wildman–Crippen MR) is 77.3 cm³/mol. The van der Waals surface area contributed by atoms with Gasteiger partial charge < -0.3 is 15.4 Å². The van der Waals surface area contributed by atoms with Crippen LogP contribution in [0.5, 0.6) is 0 Å². The van der Waals surface area contributed by atoms with Crippen molar-refractivity contribution in [1.29, 1.82) is 0 Å². The third-order valence-electron chi connectivity index (χ3n) is 3.69. The predicted octanol–water partition coefficient (Wildman–Crippen LogP) is 1.09. The van der Waals surface area contributed by atoms with Crippen LogP contribution in [-0.2, 0) is 4.74 Å². The highest BCUT2D eigenvalue weighted by Gasteiger charge is 2.34. The number of nitro benzene ring substituents is 1. The fourth-order valence-electron chi connectivity index (χ4n) is 2.64. The minimum Gasteiger partial charge on any atom is -0.383 e. The van der Waals surface area contributed by atoms with E-state index in [1.807, 2.05) is 0 Å². The topological polar surface area (TPSA) is 93.5 Å². The lowest BCUT2D eigenvalue weighted by molar-refractivity contribution is -0.385. The van der Waals surface area contributed by atoms with E-state index < -0.39 is 10.8 Å². The fourth-order valence-corrected chi connectivity index (χ4v) is 2.64. The van der Waals surface area contributed by atoms with Crippen molar-refractivity contribution in [3.05, 3.63) is 39.9 Å². The van der Waals surface area contributed by atoms with Gasteiger partial charge in [-0.3, -0.25) is 14.9 Å². The summed E-state index contributed by atoms with van der Waals surface area (Å²) in [4.78, 5) is 22.6. The van der Waals surface area contributed by atoms with E-state index in [2.05, 4.69) is 10.6 Å². The fraction of sp³-hybridized carbons (Fsp3) is 0.500. The molecule has 1 heterocycles. The van der Waals surface area contributed by atoms with Crippen LogP contribution in [0.15, 0.2) is 24.3 Å². The molecule has 21 heavy (non-hydrogen) atoms. The zero-order chi connectivity index (χ0) is 15.3. The molecule has 0 spiro atoms. The van der Waals surface area contributed by atoms with Crippen molar-refractivity contribution in [1.82, 2.24) is 10.6 Å². The molecule has 1 aliphatic heterocycles. The summed E-state index contributed by atoms with van der Waals surface area (Å²) in [5, 5.41) is 17.1. The number of amides is 1. The lowest BCUT2D eigenvalue weighted by atomic mass is 9.98. The summed E-state index contributed by atoms with van der Waals surface area (Å²) in [6.07, 6.45) is 1.92. The van der Waals surface area contributed by atoms with Gasteiger partial charge in [0.2, 0.25) is 0 Å². The third kappa shape index (κ3) is 3.56. The van der Waals surface area contributed by atoms with Crippen molar-refractivity contribution in [3.63, 3.8) is 0 Å². The summed E-state index contributed by atoms with van der Waals surface area (Å²) in [7, 11) is 1.62. The molecule has 0 radical (unpaired) electrons. The normalized spacial score (nSPS) is 21.2. The number of nitrogens with one attached hydrogen (secondary N) is 2. The maximum Gasteiger partial charge on any atom is 0.282 e. The van der Waals surface area contributed by atoms with E-state index in [0.29, 0.717) is 13.2 Å². The molecule has 0 aromatic heterocycles. The summed E-state index contributed by atoms with van der Waals surface area (Å²) < 4.78 is 5.21. The monoisotopic (exact) mass is 293 g/mol. The first-order chi connectivity index (χ1) is 10.1. The van der Waals surface area contributed by atoms with Crippen molar-refractivity contribution in [2.45, 2.75) is 18.4 Å². The Morgan fingerprint density at radius 3 is 2.90 bits per heavy atom. The van der Waals surface area contributed by atoms with Crippen molar-refractivity contribution >= 4 is 11.6 Å². The molecule has 0 aliphatic carbocycles. The van der Waals surface area contributed by atoms with Gasteiger partial charge in [0, 0.05) is 19.7 Å². The van der Waals surface area contributed by atoms with Crippen molar-refractivity contribution in [2.75, 3.05) is 26.8 Å². The number of para-hydroxylation sites is 1. The molecule has 1 unspecified atom stereocenters. The van der Waals surface area contributed by atoms with Gasteiger partial charge in [-0.15, -0.1) is 0 Å². The van der Waals surface area contributed by atoms with Crippen LogP contribution in [0.3, 0.4) is 0 Å². The van der Waals surface area contributed by atoms with Crippen molar-refractivity contribution < 1.29 is 14.5 Å². The average molecular weight is 293 g/mol. The maximum atomic E-state index is 12.2. The molecule has 1 amide bonds. The lowest BCUT2D eigenvalue weighted by Gasteiger charge is -2.28. The molecule has 1 aromatic rings. The molecule has 1 fully saturated rings. The molecule has 7 nitrogen and oxygen atoms in total. The second kappa shape index (κ2) is 6.64. The number of carbonyl (C=O) groups is 1. The first-order valence-corrected chi connectivity index (χ1v) is 6.83. The second-order valence-corrected chi connectivity index (χ2v) is 5.20. The van der Waals surface area contributed by atoms with Crippen LogP contribution in [-0.4, -0.2) is 43.2 Å². The van der Waals surface area contributed by atoms with Crippen LogP contribution in [0.1, 0.15) is 23.2 Å². The van der Waals surface area contributed by atoms with Gasteiger partial charge in [-0.1, -0.05) is 12.1 Å². The SMILES string of the molecule is COCC1(CNC(=O)c2ccccc2[N+](=O)[O-])CCCN1. The Kier molecular flexibility index (Phi) is 4.87. The smallest absolute Gasteiger partial charge is 0.282 e. The number of hydrogen-bond donors (Lipinski definition) is 2. The first-order valence-electron chi connectivity index (χ1n) is 6.83. The molecule has 1 atom stereocenters. The highest BCUT2D eigenvalue weighted by molar-refractivity contribution is 5.98. The van der Waals surface area contributed by atoms with E-state index in [9.17, 15) is 14.9 Å². The minimum absolute atomic E-state index is 0.0769. The largest absolute Gasteiger partial charge is 0.383 e. The Bertz CT molecular complexity index is 527. The second-order valence-electron chi connectivity index (χ2n) is 5.20. The Morgan fingerprint density at radius 2 is 2.29 bits per heavy atom. The number of rotatable bonds is 6. The lowest BCUT2D eigenvalue weighted by Crippen LogP contribution is -2.53. The summed E-state index contributed by atoms with van der Waals surface area (Å²) in [6, 6.07) is 5.94. The number of nitrogens with zero attached hydrogens (tertiary/aromatic N) is 1. The number of ether oxygens (including phenoxy) is 1. The van der Waals surface area contributed by atoms with Crippen molar-refractivity contribution in [3.8, 4) is 0 Å². The van der Waals surface area contributed by atoms with Crippen LogP contribution < -0.4 is 10.6 Å². The van der Waals surface area contributed by atoms with Crippen LogP contribution >= 0.6 is 0 Å². The van der Waals surface area contributed by atoms with Gasteiger partial charge in [0.25, 0.3) is 11.6 Å². The number of nitro groups is 1. The van der Waals surface area contributed by atoms with Crippen LogP contribution in [0.4, 0.5) is 5.69 Å². The molecule has 2 N–H and O–H groups in total. The van der Waals surface area contributed by atoms with Gasteiger partial charge >= 0.3 is 0 Å². The Labute approximate surface area is 122 Å². The zero-order valence-corrected chi connectivity index (χ0v) is 11.9. The Morgan fingerprint density at radius 1 is 1.52 bits per heavy atom. The van der Waals surface area contributed by atoms with Gasteiger partial charge in [0.05, 0.1) is 17.1 Å². The van der Waals surface area contributed by atoms with E-state index in [-0.39, 0.29) is 16.8 Å². The highest BCUT2D eigenvalue weighted by atomic mass is 16.6. The molecule has 1 aromatic carbocycles. The van der Waals surface area contributed by atoms with Crippen LogP contribution in [0.25, 0.3) is 0 Å². The summed E-state index contributed by atoms with van der Waals surface area (Å²) >= 11 is 0. The quantitative estimate of drug-likeness (QED) is 0.605. The van der Waals surface area contributed by atoms with Crippen LogP contribution in [0.2, 0.25) is 0 Å². The maximum absolute atomic E-state index is 12.2. The summed E-state index contributed by atoms with van der Waals surface area (Å²) in [5.41, 5.74) is -0.392. The van der Waals surface area contributed by atoms with Gasteiger partial charge in [0.1, 0.15) is 5.56 Å². The minimum atomic E-state index is -0.548. The molecule has 114 valence electrons. The molecule has 2 rings (SSSR count). The van der Waals surface area contributed by atoms with Gasteiger partial charge in [-0.05, 0) is 25.5 Å². The Hall–Kier alpha value is -1.99. The average Bonchev–Trinajstić information content (AvgIpc) is 2.94. The number of benzene rings is 1. The highest BCUT2D eigenvalue weighted by Crippen LogP contribution is 2.20. The van der Waals surface area contributed by atoms with Gasteiger partial charge in [0.15, 0.2) is 0 Å². The summed E-state index contributed by atoms with van der Waals surface area (Å²) in [5.74, 6) is -0.438. The molecule has 1 saturated heterocycles. The number of hydrogen-bond acceptors (Lipinski definition) is 5. The van der Waals surface area contributed by atoms with Gasteiger partial charge in [-0.25, -0.2) is 0 Å². The van der Waals surface area contributed by atoms with E-state index in [1.54, 1.807) is 19.2 Å². The van der Waals surface area contributed by atoms with Crippen LogP contribution in [0, 0.1) is 10.1 Å². The molecule has 7 heteroatoms. The number of methoxy groups -OCH3 is 1. The molecular weight excluding hydrogens is 274 g/mol. The zero-order valence-electron chi connectivity index (χ0n) is 11.9. The molecule has 1 aliphatic rings. The van der Waals surface area contributed by atoms with Gasteiger partial charge in [-0.2, -0.15) is 0 Å². The van der Waals surface area contributed by atoms with E-state index in [1.165, 1.54) is 12.1 Å².